The van der Waals surface area contributed by atoms with Gasteiger partial charge >= 0.3 is 5.97 Å². The van der Waals surface area contributed by atoms with Crippen LogP contribution in [0.2, 0.25) is 0 Å². The molecule has 4 heteroatoms. The maximum atomic E-state index is 11.7. The van der Waals surface area contributed by atoms with Gasteiger partial charge in [-0.15, -0.1) is 0 Å². The Bertz CT molecular complexity index is 348. The highest BCUT2D eigenvalue weighted by Crippen LogP contribution is 2.09. The maximum Gasteiger partial charge on any atom is 0.326 e. The number of Topliss-reactive ketones (excluding diaryl/α,β-unsaturated/α-hetero) is 1. The van der Waals surface area contributed by atoms with Gasteiger partial charge in [0.1, 0.15) is 0 Å². The van der Waals surface area contributed by atoms with Crippen molar-refractivity contribution in [1.29, 1.82) is 0 Å². The standard InChI is InChI=1S/C11H12O3S/c1-2-14-11(13)10(15)9(12)8-6-4-3-5-7-8/h3-7,10,15H,2H2,1H3. The monoisotopic (exact) mass is 224 g/mol. The molecule has 0 spiro atoms. The molecule has 0 bridgehead atoms. The van der Waals surface area contributed by atoms with Gasteiger partial charge in [0.15, 0.2) is 11.0 Å². The van der Waals surface area contributed by atoms with Crippen molar-refractivity contribution in [3.05, 3.63) is 35.9 Å². The summed E-state index contributed by atoms with van der Waals surface area (Å²) in [5.41, 5.74) is 0.463. The van der Waals surface area contributed by atoms with E-state index >= 15 is 0 Å². The number of carbonyl (C=O) groups is 2. The zero-order chi connectivity index (χ0) is 11.3. The Hall–Kier alpha value is -1.29. The van der Waals surface area contributed by atoms with Gasteiger partial charge in [0, 0.05) is 5.56 Å². The van der Waals surface area contributed by atoms with E-state index in [1.165, 1.54) is 0 Å². The normalized spacial score (nSPS) is 11.9. The molecule has 15 heavy (non-hydrogen) atoms. The summed E-state index contributed by atoms with van der Waals surface area (Å²) < 4.78 is 4.71. The lowest BCUT2D eigenvalue weighted by molar-refractivity contribution is -0.141. The minimum Gasteiger partial charge on any atom is -0.465 e. The van der Waals surface area contributed by atoms with Gasteiger partial charge in [-0.25, -0.2) is 0 Å². The number of ether oxygens (including phenoxy) is 1. The number of benzene rings is 1. The second-order valence-corrected chi connectivity index (χ2v) is 3.40. The van der Waals surface area contributed by atoms with Crippen molar-refractivity contribution in [2.24, 2.45) is 0 Å². The zero-order valence-corrected chi connectivity index (χ0v) is 9.24. The summed E-state index contributed by atoms with van der Waals surface area (Å²) in [6.07, 6.45) is 0. The van der Waals surface area contributed by atoms with E-state index in [-0.39, 0.29) is 12.4 Å². The summed E-state index contributed by atoms with van der Waals surface area (Å²) in [5.74, 6) is -0.938. The fraction of sp³-hybridized carbons (Fsp3) is 0.273. The number of ketones is 1. The molecule has 0 N–H and O–H groups in total. The van der Waals surface area contributed by atoms with Gasteiger partial charge in [0.25, 0.3) is 0 Å². The molecular weight excluding hydrogens is 212 g/mol. The first-order valence-electron chi connectivity index (χ1n) is 4.60. The summed E-state index contributed by atoms with van der Waals surface area (Å²) in [5, 5.41) is -1.03. The quantitative estimate of drug-likeness (QED) is 0.366. The Morgan fingerprint density at radius 3 is 2.47 bits per heavy atom. The van der Waals surface area contributed by atoms with Crippen molar-refractivity contribution < 1.29 is 14.3 Å². The van der Waals surface area contributed by atoms with Crippen LogP contribution in [0.4, 0.5) is 0 Å². The number of hydrogen-bond donors (Lipinski definition) is 1. The van der Waals surface area contributed by atoms with Crippen LogP contribution >= 0.6 is 12.6 Å². The molecule has 0 saturated heterocycles. The van der Waals surface area contributed by atoms with Crippen LogP contribution in [0.5, 0.6) is 0 Å². The Kier molecular flexibility index (Phi) is 4.37. The third kappa shape index (κ3) is 3.09. The van der Waals surface area contributed by atoms with Gasteiger partial charge in [-0.05, 0) is 6.92 Å². The van der Waals surface area contributed by atoms with Crippen LogP contribution < -0.4 is 0 Å². The average Bonchev–Trinajstić information content (AvgIpc) is 2.28. The lowest BCUT2D eigenvalue weighted by Gasteiger charge is -2.08. The highest BCUT2D eigenvalue weighted by atomic mass is 32.1. The molecular formula is C11H12O3S. The van der Waals surface area contributed by atoms with Crippen molar-refractivity contribution in [2.75, 3.05) is 6.61 Å². The molecule has 0 amide bonds. The second-order valence-electron chi connectivity index (χ2n) is 2.88. The topological polar surface area (TPSA) is 43.4 Å². The molecule has 0 aromatic heterocycles. The van der Waals surface area contributed by atoms with E-state index in [1.807, 2.05) is 0 Å². The van der Waals surface area contributed by atoms with Crippen LogP contribution in [0, 0.1) is 0 Å². The first-order chi connectivity index (χ1) is 7.16. The molecule has 0 aliphatic heterocycles. The van der Waals surface area contributed by atoms with Crippen LogP contribution in [-0.4, -0.2) is 23.6 Å². The number of thiol groups is 1. The van der Waals surface area contributed by atoms with Crippen LogP contribution in [0.15, 0.2) is 30.3 Å². The Balaban J connectivity index is 2.73. The van der Waals surface area contributed by atoms with Crippen LogP contribution in [-0.2, 0) is 9.53 Å². The van der Waals surface area contributed by atoms with Gasteiger partial charge in [-0.3, -0.25) is 9.59 Å². The molecule has 0 radical (unpaired) electrons. The molecule has 1 rings (SSSR count). The highest BCUT2D eigenvalue weighted by Gasteiger charge is 2.24. The summed E-state index contributed by atoms with van der Waals surface area (Å²) in [6, 6.07) is 8.56. The third-order valence-corrected chi connectivity index (χ3v) is 2.26. The average molecular weight is 224 g/mol. The second kappa shape index (κ2) is 5.56. The van der Waals surface area contributed by atoms with Gasteiger partial charge < -0.3 is 4.74 Å². The number of esters is 1. The van der Waals surface area contributed by atoms with E-state index in [4.69, 9.17) is 4.74 Å². The summed E-state index contributed by atoms with van der Waals surface area (Å²) in [7, 11) is 0. The van der Waals surface area contributed by atoms with Crippen LogP contribution in [0.3, 0.4) is 0 Å². The van der Waals surface area contributed by atoms with Crippen molar-refractivity contribution in [1.82, 2.24) is 0 Å². The van der Waals surface area contributed by atoms with Crippen molar-refractivity contribution in [3.8, 4) is 0 Å². The number of carbonyl (C=O) groups excluding carboxylic acids is 2. The largest absolute Gasteiger partial charge is 0.465 e. The predicted molar refractivity (Wildman–Crippen MR) is 60.2 cm³/mol. The number of hydrogen-bond acceptors (Lipinski definition) is 4. The Labute approximate surface area is 93.8 Å². The fourth-order valence-corrected chi connectivity index (χ4v) is 1.31. The van der Waals surface area contributed by atoms with Gasteiger partial charge in [0.05, 0.1) is 6.61 Å². The van der Waals surface area contributed by atoms with E-state index < -0.39 is 11.2 Å². The van der Waals surface area contributed by atoms with E-state index in [1.54, 1.807) is 37.3 Å². The molecule has 0 saturated carbocycles. The van der Waals surface area contributed by atoms with Gasteiger partial charge in [-0.2, -0.15) is 12.6 Å². The molecule has 3 nitrogen and oxygen atoms in total. The van der Waals surface area contributed by atoms with Crippen LogP contribution in [0.25, 0.3) is 0 Å². The highest BCUT2D eigenvalue weighted by molar-refractivity contribution is 7.82. The van der Waals surface area contributed by atoms with Crippen molar-refractivity contribution in [2.45, 2.75) is 12.2 Å². The molecule has 0 aliphatic rings. The zero-order valence-electron chi connectivity index (χ0n) is 8.34. The molecule has 1 atom stereocenters. The van der Waals surface area contributed by atoms with Gasteiger partial charge in [-0.1, -0.05) is 30.3 Å². The molecule has 0 aliphatic carbocycles. The first kappa shape index (κ1) is 11.8. The first-order valence-corrected chi connectivity index (χ1v) is 5.12. The summed E-state index contributed by atoms with van der Waals surface area (Å²) >= 11 is 3.94. The van der Waals surface area contributed by atoms with E-state index in [9.17, 15) is 9.59 Å². The molecule has 1 unspecified atom stereocenters. The molecule has 1 aromatic carbocycles. The SMILES string of the molecule is CCOC(=O)C(S)C(=O)c1ccccc1. The Morgan fingerprint density at radius 2 is 1.93 bits per heavy atom. The van der Waals surface area contributed by atoms with Crippen molar-refractivity contribution in [3.63, 3.8) is 0 Å². The lowest BCUT2D eigenvalue weighted by atomic mass is 10.1. The van der Waals surface area contributed by atoms with Gasteiger partial charge in [0.2, 0.25) is 0 Å². The molecule has 0 fully saturated rings. The Morgan fingerprint density at radius 1 is 1.33 bits per heavy atom. The maximum absolute atomic E-state index is 11.7. The minimum absolute atomic E-state index is 0.248. The predicted octanol–water partition coefficient (Wildman–Crippen LogP) is 1.73. The minimum atomic E-state index is -1.03. The molecule has 80 valence electrons. The summed E-state index contributed by atoms with van der Waals surface area (Å²) in [6.45, 7) is 1.93. The van der Waals surface area contributed by atoms with E-state index in [0.29, 0.717) is 5.56 Å². The lowest BCUT2D eigenvalue weighted by Crippen LogP contribution is -2.26. The number of rotatable bonds is 4. The molecule has 1 aromatic rings. The summed E-state index contributed by atoms with van der Waals surface area (Å²) in [4.78, 5) is 22.9. The van der Waals surface area contributed by atoms with E-state index in [0.717, 1.165) is 0 Å². The van der Waals surface area contributed by atoms with E-state index in [2.05, 4.69) is 12.6 Å². The smallest absolute Gasteiger partial charge is 0.326 e. The fourth-order valence-electron chi connectivity index (χ4n) is 1.09. The molecule has 0 heterocycles. The van der Waals surface area contributed by atoms with Crippen molar-refractivity contribution >= 4 is 24.4 Å². The van der Waals surface area contributed by atoms with Crippen LogP contribution in [0.1, 0.15) is 17.3 Å². The third-order valence-electron chi connectivity index (χ3n) is 1.82.